The van der Waals surface area contributed by atoms with Crippen LogP contribution in [0.3, 0.4) is 0 Å². The van der Waals surface area contributed by atoms with Gasteiger partial charge in [-0.3, -0.25) is 4.79 Å². The molecule has 1 aromatic carbocycles. The molecule has 1 heterocycles. The van der Waals surface area contributed by atoms with E-state index in [1.54, 1.807) is 24.3 Å². The van der Waals surface area contributed by atoms with Crippen LogP contribution in [0.2, 0.25) is 0 Å². The first-order chi connectivity index (χ1) is 14.0. The summed E-state index contributed by atoms with van der Waals surface area (Å²) in [5, 5.41) is 2.75. The lowest BCUT2D eigenvalue weighted by molar-refractivity contribution is -0.122. The first-order valence-corrected chi connectivity index (χ1v) is 11.5. The Labute approximate surface area is 172 Å². The van der Waals surface area contributed by atoms with Gasteiger partial charge in [-0.25, -0.2) is 8.42 Å². The quantitative estimate of drug-likeness (QED) is 0.672. The van der Waals surface area contributed by atoms with Crippen molar-refractivity contribution in [3.63, 3.8) is 0 Å². The van der Waals surface area contributed by atoms with Crippen LogP contribution in [0.1, 0.15) is 44.8 Å². The van der Waals surface area contributed by atoms with E-state index in [1.807, 2.05) is 6.92 Å². The molecular weight excluding hydrogens is 392 g/mol. The third-order valence-electron chi connectivity index (χ3n) is 5.06. The topological polar surface area (TPSA) is 88.9 Å². The van der Waals surface area contributed by atoms with E-state index >= 15 is 0 Å². The van der Waals surface area contributed by atoms with Gasteiger partial charge in [-0.1, -0.05) is 19.3 Å². The van der Waals surface area contributed by atoms with E-state index < -0.39 is 10.0 Å². The molecule has 1 N–H and O–H groups in total. The van der Waals surface area contributed by atoms with Gasteiger partial charge in [0.1, 0.15) is 11.5 Å². The molecule has 1 fully saturated rings. The lowest BCUT2D eigenvalue weighted by Crippen LogP contribution is -2.46. The van der Waals surface area contributed by atoms with Gasteiger partial charge >= 0.3 is 0 Å². The molecule has 1 aromatic heterocycles. The van der Waals surface area contributed by atoms with Crippen LogP contribution < -0.4 is 10.1 Å². The second-order valence-corrected chi connectivity index (χ2v) is 8.99. The normalized spacial score (nSPS) is 15.4. The van der Waals surface area contributed by atoms with Gasteiger partial charge in [-0.05, 0) is 56.2 Å². The summed E-state index contributed by atoms with van der Waals surface area (Å²) in [5.74, 6) is 0.894. The second-order valence-electron chi connectivity index (χ2n) is 7.10. The smallest absolute Gasteiger partial charge is 0.243 e. The Balaban J connectivity index is 1.76. The standard InChI is InChI=1S/C21H28N2O5S/c1-2-27-18-10-12-20(13-11-18)29(25,26)23(17-7-4-3-5-8-17)16-21(24)22-15-19-9-6-14-28-19/h6,9-14,17H,2-5,7-8,15-16H2,1H3,(H,22,24). The average molecular weight is 421 g/mol. The highest BCUT2D eigenvalue weighted by Crippen LogP contribution is 2.28. The molecule has 1 saturated carbocycles. The SMILES string of the molecule is CCOc1ccc(S(=O)(=O)N(CC(=O)NCc2ccco2)C2CCCCC2)cc1. The van der Waals surface area contributed by atoms with Gasteiger partial charge in [0.05, 0.1) is 30.9 Å². The van der Waals surface area contributed by atoms with Crippen molar-refractivity contribution >= 4 is 15.9 Å². The lowest BCUT2D eigenvalue weighted by atomic mass is 9.95. The summed E-state index contributed by atoms with van der Waals surface area (Å²) in [6, 6.07) is 9.70. The molecule has 3 rings (SSSR count). The molecule has 0 spiro atoms. The highest BCUT2D eigenvalue weighted by Gasteiger charge is 2.34. The fourth-order valence-electron chi connectivity index (χ4n) is 3.59. The van der Waals surface area contributed by atoms with E-state index in [4.69, 9.17) is 9.15 Å². The zero-order valence-electron chi connectivity index (χ0n) is 16.7. The molecule has 1 amide bonds. The van der Waals surface area contributed by atoms with Crippen LogP contribution in [-0.2, 0) is 21.4 Å². The third-order valence-corrected chi connectivity index (χ3v) is 6.98. The zero-order valence-corrected chi connectivity index (χ0v) is 17.5. The number of hydrogen-bond acceptors (Lipinski definition) is 5. The maximum atomic E-state index is 13.4. The number of hydrogen-bond donors (Lipinski definition) is 1. The minimum atomic E-state index is -3.81. The molecule has 0 bridgehead atoms. The van der Waals surface area contributed by atoms with Crippen molar-refractivity contribution in [3.05, 3.63) is 48.4 Å². The number of sulfonamides is 1. The van der Waals surface area contributed by atoms with Crippen LogP contribution in [-0.4, -0.2) is 37.8 Å². The van der Waals surface area contributed by atoms with Crippen molar-refractivity contribution in [1.82, 2.24) is 9.62 Å². The Morgan fingerprint density at radius 1 is 1.17 bits per heavy atom. The van der Waals surface area contributed by atoms with Gasteiger partial charge in [0.15, 0.2) is 0 Å². The molecule has 0 aliphatic heterocycles. The molecule has 1 aliphatic carbocycles. The van der Waals surface area contributed by atoms with Crippen LogP contribution in [0.4, 0.5) is 0 Å². The Bertz CT molecular complexity index is 872. The minimum absolute atomic E-state index is 0.172. The molecule has 158 valence electrons. The van der Waals surface area contributed by atoms with Gasteiger partial charge in [-0.15, -0.1) is 0 Å². The van der Waals surface area contributed by atoms with E-state index in [9.17, 15) is 13.2 Å². The number of carbonyl (C=O) groups excluding carboxylic acids is 1. The van der Waals surface area contributed by atoms with Crippen molar-refractivity contribution in [3.8, 4) is 5.75 Å². The monoisotopic (exact) mass is 420 g/mol. The van der Waals surface area contributed by atoms with Crippen molar-refractivity contribution < 1.29 is 22.4 Å². The predicted molar refractivity (Wildman–Crippen MR) is 109 cm³/mol. The zero-order chi connectivity index (χ0) is 20.7. The summed E-state index contributed by atoms with van der Waals surface area (Å²) in [5.41, 5.74) is 0. The Morgan fingerprint density at radius 2 is 1.90 bits per heavy atom. The van der Waals surface area contributed by atoms with E-state index in [-0.39, 0.29) is 29.9 Å². The molecular formula is C21H28N2O5S. The average Bonchev–Trinajstić information content (AvgIpc) is 3.25. The van der Waals surface area contributed by atoms with E-state index in [1.165, 1.54) is 22.7 Å². The highest BCUT2D eigenvalue weighted by atomic mass is 32.2. The number of ether oxygens (including phenoxy) is 1. The fraction of sp³-hybridized carbons (Fsp3) is 0.476. The van der Waals surface area contributed by atoms with Gasteiger partial charge in [0.25, 0.3) is 0 Å². The first-order valence-electron chi connectivity index (χ1n) is 10.0. The molecule has 0 atom stereocenters. The van der Waals surface area contributed by atoms with Crippen LogP contribution in [0.15, 0.2) is 52.0 Å². The molecule has 0 radical (unpaired) electrons. The molecule has 0 saturated heterocycles. The first kappa shape index (κ1) is 21.4. The maximum Gasteiger partial charge on any atom is 0.243 e. The summed E-state index contributed by atoms with van der Waals surface area (Å²) in [4.78, 5) is 12.7. The van der Waals surface area contributed by atoms with Crippen LogP contribution >= 0.6 is 0 Å². The molecule has 0 unspecified atom stereocenters. The number of nitrogens with zero attached hydrogens (tertiary/aromatic N) is 1. The number of rotatable bonds is 9. The van der Waals surface area contributed by atoms with Crippen LogP contribution in [0.25, 0.3) is 0 Å². The summed E-state index contributed by atoms with van der Waals surface area (Å²) in [6.07, 6.45) is 6.09. The van der Waals surface area contributed by atoms with Crippen molar-refractivity contribution in [2.24, 2.45) is 0 Å². The fourth-order valence-corrected chi connectivity index (χ4v) is 5.23. The Morgan fingerprint density at radius 3 is 2.52 bits per heavy atom. The molecule has 8 heteroatoms. The Hall–Kier alpha value is -2.32. The number of nitrogens with one attached hydrogen (secondary N) is 1. The largest absolute Gasteiger partial charge is 0.494 e. The summed E-state index contributed by atoms with van der Waals surface area (Å²) >= 11 is 0. The summed E-state index contributed by atoms with van der Waals surface area (Å²) < 4.78 is 38.7. The van der Waals surface area contributed by atoms with Gasteiger partial charge in [0.2, 0.25) is 15.9 Å². The van der Waals surface area contributed by atoms with Crippen molar-refractivity contribution in [2.45, 2.75) is 56.5 Å². The van der Waals surface area contributed by atoms with Crippen LogP contribution in [0.5, 0.6) is 5.75 Å². The Kier molecular flexibility index (Phi) is 7.33. The maximum absolute atomic E-state index is 13.4. The number of amides is 1. The molecule has 29 heavy (non-hydrogen) atoms. The number of carbonyl (C=O) groups is 1. The predicted octanol–water partition coefficient (Wildman–Crippen LogP) is 3.32. The van der Waals surface area contributed by atoms with Gasteiger partial charge in [0, 0.05) is 6.04 Å². The highest BCUT2D eigenvalue weighted by molar-refractivity contribution is 7.89. The number of benzene rings is 1. The van der Waals surface area contributed by atoms with E-state index in [2.05, 4.69) is 5.32 Å². The summed E-state index contributed by atoms with van der Waals surface area (Å²) in [6.45, 7) is 2.40. The van der Waals surface area contributed by atoms with Crippen molar-refractivity contribution in [2.75, 3.05) is 13.2 Å². The van der Waals surface area contributed by atoms with Crippen molar-refractivity contribution in [1.29, 1.82) is 0 Å². The van der Waals surface area contributed by atoms with E-state index in [0.717, 1.165) is 32.1 Å². The van der Waals surface area contributed by atoms with Gasteiger partial charge < -0.3 is 14.5 Å². The second kappa shape index (κ2) is 9.93. The number of furan rings is 1. The lowest BCUT2D eigenvalue weighted by Gasteiger charge is -2.33. The molecule has 2 aromatic rings. The van der Waals surface area contributed by atoms with Gasteiger partial charge in [-0.2, -0.15) is 4.31 Å². The van der Waals surface area contributed by atoms with Crippen LogP contribution in [0, 0.1) is 0 Å². The third kappa shape index (κ3) is 5.61. The summed E-state index contributed by atoms with van der Waals surface area (Å²) in [7, 11) is -3.81. The minimum Gasteiger partial charge on any atom is -0.494 e. The van der Waals surface area contributed by atoms with E-state index in [0.29, 0.717) is 18.1 Å². The molecule has 1 aliphatic rings. The molecule has 7 nitrogen and oxygen atoms in total.